The number of carbonyl (C=O) groups excluding carboxylic acids is 1. The zero-order valence-corrected chi connectivity index (χ0v) is 13.4. The van der Waals surface area contributed by atoms with Crippen LogP contribution in [0.1, 0.15) is 5.56 Å². The standard InChI is InChI=1S/C19H16O5/c1-22-14-9-6-10-15-18(14)17(12-7-4-3-5-8-12)13(19(21)24-15)11-16(20)23-2/h3-10H,11H2,1-2H3. The number of hydrogen-bond donors (Lipinski definition) is 0. The lowest BCUT2D eigenvalue weighted by Gasteiger charge is -2.13. The number of hydrogen-bond acceptors (Lipinski definition) is 5. The first kappa shape index (κ1) is 15.8. The van der Waals surface area contributed by atoms with E-state index in [4.69, 9.17) is 13.9 Å². The summed E-state index contributed by atoms with van der Waals surface area (Å²) < 4.78 is 15.6. The number of methoxy groups -OCH3 is 2. The largest absolute Gasteiger partial charge is 0.496 e. The van der Waals surface area contributed by atoms with Gasteiger partial charge in [-0.15, -0.1) is 0 Å². The van der Waals surface area contributed by atoms with Crippen molar-refractivity contribution in [3.8, 4) is 16.9 Å². The van der Waals surface area contributed by atoms with Crippen molar-refractivity contribution in [2.75, 3.05) is 14.2 Å². The predicted octanol–water partition coefficient (Wildman–Crippen LogP) is 3.18. The maximum absolute atomic E-state index is 12.5. The van der Waals surface area contributed by atoms with Crippen LogP contribution in [0.25, 0.3) is 22.1 Å². The van der Waals surface area contributed by atoms with Gasteiger partial charge >= 0.3 is 11.6 Å². The van der Waals surface area contributed by atoms with Gasteiger partial charge in [-0.05, 0) is 17.7 Å². The Morgan fingerprint density at radius 3 is 2.46 bits per heavy atom. The minimum absolute atomic E-state index is 0.170. The molecule has 5 heteroatoms. The Balaban J connectivity index is 2.43. The second kappa shape index (κ2) is 6.58. The maximum atomic E-state index is 12.5. The van der Waals surface area contributed by atoms with E-state index in [0.29, 0.717) is 22.3 Å². The molecular weight excluding hydrogens is 308 g/mol. The Kier molecular flexibility index (Phi) is 4.33. The number of esters is 1. The molecule has 0 saturated carbocycles. The van der Waals surface area contributed by atoms with E-state index in [1.54, 1.807) is 25.3 Å². The molecule has 0 spiro atoms. The summed E-state index contributed by atoms with van der Waals surface area (Å²) in [5, 5.41) is 0.657. The molecule has 0 saturated heterocycles. The van der Waals surface area contributed by atoms with E-state index in [1.165, 1.54) is 7.11 Å². The van der Waals surface area contributed by atoms with E-state index in [0.717, 1.165) is 5.56 Å². The third kappa shape index (κ3) is 2.76. The summed E-state index contributed by atoms with van der Waals surface area (Å²) in [4.78, 5) is 24.2. The molecule has 0 N–H and O–H groups in total. The molecule has 0 atom stereocenters. The van der Waals surface area contributed by atoms with E-state index in [9.17, 15) is 9.59 Å². The molecule has 5 nitrogen and oxygen atoms in total. The van der Waals surface area contributed by atoms with Gasteiger partial charge in [0.15, 0.2) is 0 Å². The van der Waals surface area contributed by atoms with Crippen LogP contribution in [0, 0.1) is 0 Å². The van der Waals surface area contributed by atoms with Crippen LogP contribution < -0.4 is 10.4 Å². The first-order valence-electron chi connectivity index (χ1n) is 7.40. The first-order valence-corrected chi connectivity index (χ1v) is 7.40. The van der Waals surface area contributed by atoms with Gasteiger partial charge in [-0.2, -0.15) is 0 Å². The van der Waals surface area contributed by atoms with Gasteiger partial charge in [0.1, 0.15) is 11.3 Å². The summed E-state index contributed by atoms with van der Waals surface area (Å²) in [6, 6.07) is 14.6. The van der Waals surface area contributed by atoms with Gasteiger partial charge in [-0.3, -0.25) is 4.79 Å². The Labute approximate surface area is 138 Å². The van der Waals surface area contributed by atoms with Crippen LogP contribution in [-0.2, 0) is 16.0 Å². The van der Waals surface area contributed by atoms with Crippen molar-refractivity contribution >= 4 is 16.9 Å². The minimum atomic E-state index is -0.556. The fourth-order valence-corrected chi connectivity index (χ4v) is 2.73. The van der Waals surface area contributed by atoms with Crippen LogP contribution >= 0.6 is 0 Å². The predicted molar refractivity (Wildman–Crippen MR) is 90.2 cm³/mol. The second-order valence-corrected chi connectivity index (χ2v) is 5.20. The molecule has 0 unspecified atom stereocenters. The summed E-state index contributed by atoms with van der Waals surface area (Å²) in [7, 11) is 2.84. The zero-order valence-electron chi connectivity index (χ0n) is 13.4. The normalized spacial score (nSPS) is 10.6. The minimum Gasteiger partial charge on any atom is -0.496 e. The van der Waals surface area contributed by atoms with E-state index < -0.39 is 11.6 Å². The molecule has 0 bridgehead atoms. The molecule has 1 heterocycles. The fourth-order valence-electron chi connectivity index (χ4n) is 2.73. The van der Waals surface area contributed by atoms with E-state index in [1.807, 2.05) is 30.3 Å². The van der Waals surface area contributed by atoms with Gasteiger partial charge in [-0.1, -0.05) is 36.4 Å². The van der Waals surface area contributed by atoms with Crippen LogP contribution in [-0.4, -0.2) is 20.2 Å². The Hall–Kier alpha value is -3.08. The van der Waals surface area contributed by atoms with Crippen molar-refractivity contribution < 1.29 is 18.7 Å². The molecule has 24 heavy (non-hydrogen) atoms. The van der Waals surface area contributed by atoms with Gasteiger partial charge in [-0.25, -0.2) is 4.79 Å². The Morgan fingerprint density at radius 2 is 1.79 bits per heavy atom. The molecule has 0 radical (unpaired) electrons. The molecule has 0 aliphatic carbocycles. The van der Waals surface area contributed by atoms with Crippen LogP contribution in [0.4, 0.5) is 0 Å². The van der Waals surface area contributed by atoms with Crippen molar-refractivity contribution in [3.05, 3.63) is 64.5 Å². The molecule has 0 fully saturated rings. The molecular formula is C19H16O5. The summed E-state index contributed by atoms with van der Waals surface area (Å²) >= 11 is 0. The van der Waals surface area contributed by atoms with Crippen molar-refractivity contribution in [2.45, 2.75) is 6.42 Å². The second-order valence-electron chi connectivity index (χ2n) is 5.20. The molecule has 3 rings (SSSR count). The lowest BCUT2D eigenvalue weighted by Crippen LogP contribution is -2.16. The Morgan fingerprint density at radius 1 is 1.04 bits per heavy atom. The first-order chi connectivity index (χ1) is 11.7. The van der Waals surface area contributed by atoms with E-state index >= 15 is 0 Å². The molecule has 0 aliphatic heterocycles. The van der Waals surface area contributed by atoms with Gasteiger partial charge in [0.05, 0.1) is 31.6 Å². The number of rotatable bonds is 4. The van der Waals surface area contributed by atoms with Crippen LogP contribution in [0.15, 0.2) is 57.7 Å². The zero-order chi connectivity index (χ0) is 17.1. The summed E-state index contributed by atoms with van der Waals surface area (Å²) in [6.07, 6.45) is -0.170. The van der Waals surface area contributed by atoms with Crippen molar-refractivity contribution in [1.29, 1.82) is 0 Å². The topological polar surface area (TPSA) is 65.7 Å². The molecule has 0 aliphatic rings. The average Bonchev–Trinajstić information content (AvgIpc) is 2.62. The van der Waals surface area contributed by atoms with Crippen molar-refractivity contribution in [3.63, 3.8) is 0 Å². The highest BCUT2D eigenvalue weighted by Crippen LogP contribution is 2.36. The van der Waals surface area contributed by atoms with Crippen molar-refractivity contribution in [2.24, 2.45) is 0 Å². The molecule has 0 amide bonds. The van der Waals surface area contributed by atoms with Gasteiger partial charge < -0.3 is 13.9 Å². The van der Waals surface area contributed by atoms with Crippen LogP contribution in [0.2, 0.25) is 0 Å². The third-order valence-electron chi connectivity index (χ3n) is 3.82. The molecule has 122 valence electrons. The number of fused-ring (bicyclic) bond motifs is 1. The third-order valence-corrected chi connectivity index (χ3v) is 3.82. The lowest BCUT2D eigenvalue weighted by atomic mass is 9.95. The van der Waals surface area contributed by atoms with E-state index in [2.05, 4.69) is 0 Å². The average molecular weight is 324 g/mol. The lowest BCUT2D eigenvalue weighted by molar-refractivity contribution is -0.139. The Bertz CT molecular complexity index is 941. The van der Waals surface area contributed by atoms with Crippen LogP contribution in [0.5, 0.6) is 5.75 Å². The smallest absolute Gasteiger partial charge is 0.340 e. The van der Waals surface area contributed by atoms with Gasteiger partial charge in [0.2, 0.25) is 0 Å². The summed E-state index contributed by atoms with van der Waals surface area (Å²) in [5.74, 6) is 0.0648. The summed E-state index contributed by atoms with van der Waals surface area (Å²) in [5.41, 5.74) is 1.54. The molecule has 3 aromatic rings. The maximum Gasteiger partial charge on any atom is 0.340 e. The number of carbonyl (C=O) groups is 1. The van der Waals surface area contributed by atoms with E-state index in [-0.39, 0.29) is 12.0 Å². The SMILES string of the molecule is COC(=O)Cc1c(-c2ccccc2)c2c(OC)cccc2oc1=O. The quantitative estimate of drug-likeness (QED) is 0.545. The highest BCUT2D eigenvalue weighted by atomic mass is 16.5. The monoisotopic (exact) mass is 324 g/mol. The molecule has 2 aromatic carbocycles. The fraction of sp³-hybridized carbons (Fsp3) is 0.158. The number of benzene rings is 2. The highest BCUT2D eigenvalue weighted by molar-refractivity contribution is 6.00. The van der Waals surface area contributed by atoms with Gasteiger partial charge in [0.25, 0.3) is 0 Å². The number of ether oxygens (including phenoxy) is 2. The highest BCUT2D eigenvalue weighted by Gasteiger charge is 2.21. The summed E-state index contributed by atoms with van der Waals surface area (Å²) in [6.45, 7) is 0. The van der Waals surface area contributed by atoms with Crippen LogP contribution in [0.3, 0.4) is 0 Å². The van der Waals surface area contributed by atoms with Crippen molar-refractivity contribution in [1.82, 2.24) is 0 Å². The molecule has 1 aromatic heterocycles. The van der Waals surface area contributed by atoms with Gasteiger partial charge in [0, 0.05) is 5.56 Å².